The lowest BCUT2D eigenvalue weighted by Gasteiger charge is -2.20. The van der Waals surface area contributed by atoms with Crippen LogP contribution in [0.1, 0.15) is 19.3 Å². The van der Waals surface area contributed by atoms with Gasteiger partial charge in [-0.15, -0.1) is 0 Å². The molecule has 0 spiro atoms. The van der Waals surface area contributed by atoms with Crippen molar-refractivity contribution >= 4 is 0 Å². The minimum atomic E-state index is 0.823. The van der Waals surface area contributed by atoms with Crippen LogP contribution in [0.5, 0.6) is 0 Å². The first-order valence-corrected chi connectivity index (χ1v) is 6.36. The highest BCUT2D eigenvalue weighted by Crippen LogP contribution is 2.16. The Hall–Kier alpha value is -0.380. The van der Waals surface area contributed by atoms with Crippen LogP contribution in [0, 0.1) is 5.92 Å². The minimum Gasteiger partial charge on any atom is -0.383 e. The van der Waals surface area contributed by atoms with Gasteiger partial charge in [-0.1, -0.05) is 12.2 Å². The molecule has 16 heavy (non-hydrogen) atoms. The lowest BCUT2D eigenvalue weighted by molar-refractivity contribution is 0.161. The van der Waals surface area contributed by atoms with Crippen molar-refractivity contribution in [3.63, 3.8) is 0 Å². The van der Waals surface area contributed by atoms with Crippen LogP contribution in [0.25, 0.3) is 0 Å². The predicted molar refractivity (Wildman–Crippen MR) is 68.7 cm³/mol. The number of rotatable bonds is 8. The summed E-state index contributed by atoms with van der Waals surface area (Å²) < 4.78 is 5.04. The van der Waals surface area contributed by atoms with E-state index in [0.29, 0.717) is 0 Å². The highest BCUT2D eigenvalue weighted by Gasteiger charge is 2.08. The number of allylic oxidation sites excluding steroid dienone is 2. The van der Waals surface area contributed by atoms with Crippen LogP contribution in [0.2, 0.25) is 0 Å². The normalized spacial score (nSPS) is 20.6. The minimum absolute atomic E-state index is 0.823. The lowest BCUT2D eigenvalue weighted by atomic mass is 9.94. The molecule has 0 aromatic heterocycles. The van der Waals surface area contributed by atoms with E-state index in [1.54, 1.807) is 7.11 Å². The Morgan fingerprint density at radius 3 is 2.94 bits per heavy atom. The van der Waals surface area contributed by atoms with Crippen LogP contribution < -0.4 is 5.32 Å². The first-order valence-electron chi connectivity index (χ1n) is 6.36. The Balaban J connectivity index is 1.92. The van der Waals surface area contributed by atoms with E-state index in [4.69, 9.17) is 4.74 Å². The van der Waals surface area contributed by atoms with E-state index in [9.17, 15) is 0 Å². The van der Waals surface area contributed by atoms with Crippen LogP contribution in [0.15, 0.2) is 12.2 Å². The van der Waals surface area contributed by atoms with Crippen molar-refractivity contribution in [2.45, 2.75) is 19.3 Å². The van der Waals surface area contributed by atoms with Crippen LogP contribution in [-0.4, -0.2) is 51.8 Å². The van der Waals surface area contributed by atoms with E-state index in [0.717, 1.165) is 32.2 Å². The molecular formula is C13H26N2O. The molecule has 0 bridgehead atoms. The van der Waals surface area contributed by atoms with Crippen molar-refractivity contribution in [1.82, 2.24) is 10.2 Å². The number of nitrogens with zero attached hydrogens (tertiary/aromatic N) is 1. The summed E-state index contributed by atoms with van der Waals surface area (Å²) in [5.41, 5.74) is 0. The molecule has 1 aliphatic rings. The Morgan fingerprint density at radius 2 is 2.25 bits per heavy atom. The fraction of sp³-hybridized carbons (Fsp3) is 0.846. The molecule has 1 N–H and O–H groups in total. The van der Waals surface area contributed by atoms with Gasteiger partial charge in [0.25, 0.3) is 0 Å². The first-order chi connectivity index (χ1) is 7.83. The smallest absolute Gasteiger partial charge is 0.0589 e. The van der Waals surface area contributed by atoms with Gasteiger partial charge in [0.2, 0.25) is 0 Å². The molecule has 0 aliphatic heterocycles. The van der Waals surface area contributed by atoms with Crippen LogP contribution in [0.4, 0.5) is 0 Å². The van der Waals surface area contributed by atoms with Gasteiger partial charge < -0.3 is 15.0 Å². The molecule has 1 aliphatic carbocycles. The molecule has 0 aromatic carbocycles. The molecule has 0 saturated carbocycles. The summed E-state index contributed by atoms with van der Waals surface area (Å²) in [4.78, 5) is 2.30. The standard InChI is InChI=1S/C13H26N2O/c1-15(10-11-16-2)9-8-14-12-13-6-4-3-5-7-13/h3-4,13-14H,5-12H2,1-2H3. The Labute approximate surface area is 99.8 Å². The van der Waals surface area contributed by atoms with E-state index in [1.165, 1.54) is 25.8 Å². The molecule has 1 rings (SSSR count). The zero-order valence-corrected chi connectivity index (χ0v) is 10.7. The van der Waals surface area contributed by atoms with Crippen LogP contribution >= 0.6 is 0 Å². The molecule has 0 aromatic rings. The van der Waals surface area contributed by atoms with E-state index in [-0.39, 0.29) is 0 Å². The van der Waals surface area contributed by atoms with E-state index < -0.39 is 0 Å². The molecule has 94 valence electrons. The lowest BCUT2D eigenvalue weighted by Crippen LogP contribution is -2.33. The quantitative estimate of drug-likeness (QED) is 0.501. The average molecular weight is 226 g/mol. The molecule has 3 nitrogen and oxygen atoms in total. The third-order valence-electron chi connectivity index (χ3n) is 3.16. The van der Waals surface area contributed by atoms with Crippen molar-refractivity contribution in [3.05, 3.63) is 12.2 Å². The second kappa shape index (κ2) is 8.74. The van der Waals surface area contributed by atoms with Gasteiger partial charge in [0.15, 0.2) is 0 Å². The van der Waals surface area contributed by atoms with Crippen molar-refractivity contribution in [1.29, 1.82) is 0 Å². The van der Waals surface area contributed by atoms with E-state index >= 15 is 0 Å². The number of hydrogen-bond acceptors (Lipinski definition) is 3. The topological polar surface area (TPSA) is 24.5 Å². The van der Waals surface area contributed by atoms with Crippen LogP contribution in [-0.2, 0) is 4.74 Å². The molecule has 0 amide bonds. The zero-order chi connectivity index (χ0) is 11.6. The fourth-order valence-electron chi connectivity index (χ4n) is 1.98. The maximum Gasteiger partial charge on any atom is 0.0589 e. The molecule has 0 radical (unpaired) electrons. The zero-order valence-electron chi connectivity index (χ0n) is 10.7. The molecule has 1 atom stereocenters. The number of ether oxygens (including phenoxy) is 1. The van der Waals surface area contributed by atoms with E-state index in [1.807, 2.05) is 0 Å². The first kappa shape index (κ1) is 13.7. The SMILES string of the molecule is COCCN(C)CCNCC1CC=CCC1. The second-order valence-corrected chi connectivity index (χ2v) is 4.65. The van der Waals surface area contributed by atoms with Gasteiger partial charge in [0.1, 0.15) is 0 Å². The third-order valence-corrected chi connectivity index (χ3v) is 3.16. The highest BCUT2D eigenvalue weighted by atomic mass is 16.5. The fourth-order valence-corrected chi connectivity index (χ4v) is 1.98. The maximum atomic E-state index is 5.04. The van der Waals surface area contributed by atoms with Gasteiger partial charge >= 0.3 is 0 Å². The van der Waals surface area contributed by atoms with Crippen LogP contribution in [0.3, 0.4) is 0 Å². The Bertz CT molecular complexity index is 194. The van der Waals surface area contributed by atoms with Gasteiger partial charge in [0.05, 0.1) is 6.61 Å². The summed E-state index contributed by atoms with van der Waals surface area (Å²) in [6.45, 7) is 5.20. The molecule has 3 heteroatoms. The highest BCUT2D eigenvalue weighted by molar-refractivity contribution is 4.90. The number of nitrogens with one attached hydrogen (secondary N) is 1. The third kappa shape index (κ3) is 6.26. The van der Waals surface area contributed by atoms with Crippen molar-refractivity contribution in [2.24, 2.45) is 5.92 Å². The van der Waals surface area contributed by atoms with Crippen molar-refractivity contribution in [2.75, 3.05) is 46.9 Å². The van der Waals surface area contributed by atoms with Gasteiger partial charge in [-0.05, 0) is 38.8 Å². The van der Waals surface area contributed by atoms with Gasteiger partial charge in [-0.3, -0.25) is 0 Å². The Morgan fingerprint density at radius 1 is 1.38 bits per heavy atom. The van der Waals surface area contributed by atoms with Crippen molar-refractivity contribution in [3.8, 4) is 0 Å². The molecular weight excluding hydrogens is 200 g/mol. The summed E-state index contributed by atoms with van der Waals surface area (Å²) in [6.07, 6.45) is 8.49. The average Bonchev–Trinajstić information content (AvgIpc) is 2.33. The van der Waals surface area contributed by atoms with Crippen molar-refractivity contribution < 1.29 is 4.74 Å². The number of hydrogen-bond donors (Lipinski definition) is 1. The number of methoxy groups -OCH3 is 1. The monoisotopic (exact) mass is 226 g/mol. The Kier molecular flexibility index (Phi) is 7.47. The summed E-state index contributed by atoms with van der Waals surface area (Å²) in [6, 6.07) is 0. The predicted octanol–water partition coefficient (Wildman–Crippen LogP) is 1.51. The second-order valence-electron chi connectivity index (χ2n) is 4.65. The summed E-state index contributed by atoms with van der Waals surface area (Å²) in [5.74, 6) is 0.856. The number of likely N-dealkylation sites (N-methyl/N-ethyl adjacent to an activating group) is 1. The maximum absolute atomic E-state index is 5.04. The molecule has 0 fully saturated rings. The molecule has 0 heterocycles. The van der Waals surface area contributed by atoms with Gasteiger partial charge in [0, 0.05) is 26.7 Å². The summed E-state index contributed by atoms with van der Waals surface area (Å²) in [7, 11) is 3.90. The van der Waals surface area contributed by atoms with Gasteiger partial charge in [-0.25, -0.2) is 0 Å². The summed E-state index contributed by atoms with van der Waals surface area (Å²) >= 11 is 0. The summed E-state index contributed by atoms with van der Waals surface area (Å²) in [5, 5.41) is 3.55. The molecule has 0 saturated heterocycles. The largest absolute Gasteiger partial charge is 0.383 e. The van der Waals surface area contributed by atoms with E-state index in [2.05, 4.69) is 29.4 Å². The van der Waals surface area contributed by atoms with Gasteiger partial charge in [-0.2, -0.15) is 0 Å². The molecule has 1 unspecified atom stereocenters.